The van der Waals surface area contributed by atoms with E-state index in [0.29, 0.717) is 93.3 Å². The average molecular weight is 1890 g/mol. The Labute approximate surface area is 775 Å². The molecule has 712 valence electrons. The first kappa shape index (κ1) is 99.5. The molecule has 3 aromatic carbocycles. The number of fused-ring (bicyclic) bond motifs is 3. The third-order valence-electron chi connectivity index (χ3n) is 25.5. The number of hydrogen-bond donors (Lipinski definition) is 10. The van der Waals surface area contributed by atoms with Crippen LogP contribution < -0.4 is 61.5 Å². The van der Waals surface area contributed by atoms with E-state index in [1.54, 1.807) is 103 Å². The molecule has 4 aromatic heterocycles. The molecule has 3 saturated carbocycles. The molecule has 7 heterocycles. The molecule has 10 N–H and O–H groups in total. The number of nitrogens with zero attached hydrogens (tertiary/aromatic N) is 8. The molecule has 38 heteroatoms. The second kappa shape index (κ2) is 39.7. The number of likely N-dealkylation sites (tertiary alicyclic amines) is 2. The Kier molecular flexibility index (Phi) is 30.2. The quantitative estimate of drug-likeness (QED) is 0.0171. The molecular weight excluding hydrogens is 1760 g/mol. The minimum atomic E-state index is -3.84. The summed E-state index contributed by atoms with van der Waals surface area (Å²) >= 11 is 2.89. The number of sulfonamides is 2. The molecule has 3 aliphatic carbocycles. The fourth-order valence-electron chi connectivity index (χ4n) is 17.5. The van der Waals surface area contributed by atoms with Gasteiger partial charge in [-0.05, 0) is 138 Å². The molecular formula is C93H128N16O18S4. The van der Waals surface area contributed by atoms with Gasteiger partial charge in [0.1, 0.15) is 81.8 Å². The van der Waals surface area contributed by atoms with Crippen molar-refractivity contribution in [3.05, 3.63) is 102 Å². The maximum absolute atomic E-state index is 15.1. The van der Waals surface area contributed by atoms with E-state index in [4.69, 9.17) is 38.9 Å². The van der Waals surface area contributed by atoms with Crippen molar-refractivity contribution in [3.63, 3.8) is 0 Å². The van der Waals surface area contributed by atoms with E-state index in [-0.39, 0.29) is 87.2 Å². The van der Waals surface area contributed by atoms with Crippen LogP contribution in [0.3, 0.4) is 0 Å². The molecule has 0 radical (unpaired) electrons. The normalized spacial score (nSPS) is 22.4. The number of nitrogens with one attached hydrogen (secondary N) is 8. The summed E-state index contributed by atoms with van der Waals surface area (Å²) in [6.07, 6.45) is 4.52. The molecule has 0 bridgehead atoms. The second-order valence-corrected chi connectivity index (χ2v) is 45.5. The van der Waals surface area contributed by atoms with Crippen molar-refractivity contribution in [2.45, 2.75) is 257 Å². The van der Waals surface area contributed by atoms with E-state index in [9.17, 15) is 55.8 Å². The Balaban J connectivity index is 0.000000237. The molecule has 5 fully saturated rings. The summed E-state index contributed by atoms with van der Waals surface area (Å²) in [7, 11) is -2.86. The summed E-state index contributed by atoms with van der Waals surface area (Å²) in [4.78, 5) is 135. The number of urea groups is 2. The number of aliphatic carboxylic acids is 2. The Morgan fingerprint density at radius 1 is 0.634 bits per heavy atom. The van der Waals surface area contributed by atoms with Gasteiger partial charge in [-0.1, -0.05) is 113 Å². The second-order valence-electron chi connectivity index (χ2n) is 39.3. The number of likely N-dealkylation sites (N-methyl/N-ethyl adjacent to an activating group) is 1. The lowest BCUT2D eigenvalue weighted by Crippen LogP contribution is -2.62. The molecule has 8 amide bonds. The van der Waals surface area contributed by atoms with Gasteiger partial charge in [0, 0.05) is 115 Å². The summed E-state index contributed by atoms with van der Waals surface area (Å²) < 4.78 is 80.7. The van der Waals surface area contributed by atoms with Crippen LogP contribution in [-0.4, -0.2) is 244 Å². The van der Waals surface area contributed by atoms with Crippen molar-refractivity contribution in [2.75, 3.05) is 64.6 Å². The highest BCUT2D eigenvalue weighted by atomic mass is 32.2. The lowest BCUT2D eigenvalue weighted by atomic mass is 9.85. The Hall–Kier alpha value is -10.5. The number of anilines is 2. The lowest BCUT2D eigenvalue weighted by molar-refractivity contribution is -0.146. The molecule has 7 aromatic rings. The Morgan fingerprint density at radius 3 is 1.57 bits per heavy atom. The monoisotopic (exact) mass is 1880 g/mol. The van der Waals surface area contributed by atoms with Crippen molar-refractivity contribution in [1.29, 1.82) is 0 Å². The first-order chi connectivity index (χ1) is 61.5. The first-order valence-corrected chi connectivity index (χ1v) is 49.5. The van der Waals surface area contributed by atoms with Crippen LogP contribution >= 0.6 is 22.7 Å². The molecule has 34 nitrogen and oxygen atoms in total. The third-order valence-corrected chi connectivity index (χ3v) is 31.3. The molecule has 2 saturated heterocycles. The Bertz CT molecular complexity index is 5670. The van der Waals surface area contributed by atoms with Gasteiger partial charge >= 0.3 is 24.0 Å². The fraction of sp³-hybridized carbons (Fsp3) is 0.570. The van der Waals surface area contributed by atoms with Gasteiger partial charge in [-0.25, -0.2) is 60.3 Å². The maximum atomic E-state index is 15.1. The number of ether oxygens (including phenoxy) is 4. The highest BCUT2D eigenvalue weighted by Gasteiger charge is 2.63. The lowest BCUT2D eigenvalue weighted by Gasteiger charge is -2.39. The summed E-state index contributed by atoms with van der Waals surface area (Å²) in [5.41, 5.74) is -0.904. The predicted molar refractivity (Wildman–Crippen MR) is 504 cm³/mol. The van der Waals surface area contributed by atoms with Crippen molar-refractivity contribution in [1.82, 2.24) is 70.2 Å². The van der Waals surface area contributed by atoms with Crippen LogP contribution in [0.5, 0.6) is 23.0 Å². The minimum Gasteiger partial charge on any atom is -0.497 e. The largest absolute Gasteiger partial charge is 0.497 e. The van der Waals surface area contributed by atoms with E-state index < -0.39 is 155 Å². The van der Waals surface area contributed by atoms with Gasteiger partial charge < -0.3 is 81.5 Å². The number of carboxylic acids is 2. The van der Waals surface area contributed by atoms with E-state index in [1.807, 2.05) is 105 Å². The van der Waals surface area contributed by atoms with Gasteiger partial charge in [0.15, 0.2) is 10.3 Å². The predicted octanol–water partition coefficient (Wildman–Crippen LogP) is 11.9. The zero-order valence-electron chi connectivity index (χ0n) is 78.2. The van der Waals surface area contributed by atoms with Gasteiger partial charge in [-0.3, -0.25) is 19.2 Å². The van der Waals surface area contributed by atoms with Gasteiger partial charge in [-0.15, -0.1) is 29.3 Å². The van der Waals surface area contributed by atoms with E-state index in [0.717, 1.165) is 28.7 Å². The minimum absolute atomic E-state index is 0.000542. The third kappa shape index (κ3) is 22.5. The van der Waals surface area contributed by atoms with E-state index in [1.165, 1.54) is 54.2 Å². The molecule has 13 rings (SSSR count). The van der Waals surface area contributed by atoms with Crippen molar-refractivity contribution in [2.24, 2.45) is 34.0 Å². The van der Waals surface area contributed by atoms with Crippen LogP contribution in [0.25, 0.3) is 44.6 Å². The number of carbonyl (C=O) groups is 8. The zero-order valence-corrected chi connectivity index (χ0v) is 81.5. The van der Waals surface area contributed by atoms with E-state index >= 15 is 9.59 Å². The topological polar surface area (TPSA) is 443 Å². The maximum Gasteiger partial charge on any atom is 0.330 e. The Morgan fingerprint density at radius 2 is 1.12 bits per heavy atom. The zero-order chi connectivity index (χ0) is 95.7. The molecule has 2 unspecified atom stereocenters. The SMILES string of the molecule is C=CC1C[C@]1(NC(=O)[C@@H]1C[C@@H](Oc2cc(-c3csc(NC(C)C)n3)nc3cc(OC)ccc23)CN1C(=O)[C@@H](NC(=O)N[C@H](CN(C)S(=O)(=O)C(C)C)C(C)(C)C)C1CCCC1)C(=O)O.CCC1C[C@]1(NC(=O)[C@@H]1C[C@@H](Oc2cc(-c3csc(NC(C)C)n3)nc3cc(OC)ccc23)CN1C(=O)[C@@H](NC(=O)N[C@H](CN1CCc2ccccc2S1(=O)=O)C(C)(C)C)C(C)(C)C)C(=O)O. The van der Waals surface area contributed by atoms with Gasteiger partial charge in [0.2, 0.25) is 43.7 Å². The van der Waals surface area contributed by atoms with Crippen LogP contribution in [0.2, 0.25) is 0 Å². The summed E-state index contributed by atoms with van der Waals surface area (Å²) in [6, 6.07) is 14.4. The van der Waals surface area contributed by atoms with Gasteiger partial charge in [-0.2, -0.15) is 4.31 Å². The number of aromatic nitrogens is 4. The van der Waals surface area contributed by atoms with Gasteiger partial charge in [0.05, 0.1) is 59.9 Å². The number of rotatable bonds is 33. The summed E-state index contributed by atoms with van der Waals surface area (Å²) in [5, 5.41) is 50.4. The van der Waals surface area contributed by atoms with Crippen LogP contribution in [-0.2, 0) is 55.2 Å². The first-order valence-electron chi connectivity index (χ1n) is 44.8. The number of amides is 8. The molecule has 6 aliphatic rings. The van der Waals surface area contributed by atoms with Crippen LogP contribution in [0, 0.1) is 34.0 Å². The highest BCUT2D eigenvalue weighted by molar-refractivity contribution is 7.89. The number of thiazole rings is 2. The summed E-state index contributed by atoms with van der Waals surface area (Å²) in [5.74, 6) is -3.69. The number of methoxy groups -OCH3 is 2. The molecule has 12 atom stereocenters. The number of pyridine rings is 2. The fourth-order valence-corrected chi connectivity index (χ4v) is 22.0. The van der Waals surface area contributed by atoms with Crippen LogP contribution in [0.15, 0.2) is 101 Å². The van der Waals surface area contributed by atoms with Gasteiger partial charge in [0.25, 0.3) is 0 Å². The average Bonchev–Trinajstić information content (AvgIpc) is 1.58. The number of carbonyl (C=O) groups excluding carboxylic acids is 6. The van der Waals surface area contributed by atoms with E-state index in [2.05, 4.69) is 49.1 Å². The molecule has 131 heavy (non-hydrogen) atoms. The molecule has 0 spiro atoms. The number of benzene rings is 3. The molecule has 3 aliphatic heterocycles. The van der Waals surface area contributed by atoms with Crippen molar-refractivity contribution in [3.8, 4) is 45.8 Å². The van der Waals surface area contributed by atoms with Crippen molar-refractivity contribution < 1.29 is 84.4 Å². The highest BCUT2D eigenvalue weighted by Crippen LogP contribution is 2.48. The van der Waals surface area contributed by atoms with Crippen molar-refractivity contribution >= 4 is 122 Å². The standard InChI is InChI=1S/C48H64N8O9S2.C45H64N8O9S2/c1-11-29-23-48(29,43(59)60)54-41(57)36-21-31(65-37-22-34(35-26-66-45(51-35)49-27(2)3)50-33-20-30(64-10)16-17-32(33)37)24-56(36)42(58)40(47(7,8)9)53-44(61)52-39(46(4,5)6)25-55-19-18-28-14-12-13-15-38(28)67(55,62)63;1-11-28-21-45(28,41(56)57)51-39(54)35-19-30(62-36-20-33(34-24-63-43(48-34)46-25(2)3)47-32-18-29(61-10)16-17-31(32)36)22-53(35)40(55)38(27-14-12-13-15-27)50-42(58)49-37(44(6,7)8)23-52(9)64(59,60)26(4)5/h12-17,20,22,26-27,29,31,36,39-40H,11,18-19,21,23-25H2,1-10H3,(H,49,51)(H,54,57)(H,59,60)(H2,52,53,61);11,16-18,20,24-28,30,35,37-38H,1,12-15,19,21-23H2,2-10H3,(H,46,48)(H,51,54)(H,56,57)(H2,49,50,58)/t29?,31-,36+,39-,40-,48-;28?,30-,35+,37-,38+,45-/m11/s1. The number of hydrogen-bond acceptors (Lipinski definition) is 24. The summed E-state index contributed by atoms with van der Waals surface area (Å²) in [6.45, 7) is 33.8. The van der Waals surface area contributed by atoms with Crippen LogP contribution in [0.4, 0.5) is 19.9 Å². The smallest absolute Gasteiger partial charge is 0.330 e. The number of carboxylic acid groups (broad SMARTS) is 2. The van der Waals surface area contributed by atoms with Crippen LogP contribution in [0.1, 0.15) is 174 Å².